The molecule has 2 aromatic rings. The summed E-state index contributed by atoms with van der Waals surface area (Å²) in [5.74, 6) is -0.196. The number of sulfone groups is 1. The number of amides is 1. The molecule has 1 atom stereocenters. The average Bonchev–Trinajstić information content (AvgIpc) is 2.89. The topological polar surface area (TPSA) is 76.4 Å². The van der Waals surface area contributed by atoms with Gasteiger partial charge in [0.15, 0.2) is 21.2 Å². The fraction of sp³-hybridized carbons (Fsp3) is 0.400. The Labute approximate surface area is 133 Å². The van der Waals surface area contributed by atoms with Crippen LogP contribution in [0.3, 0.4) is 0 Å². The smallest absolute Gasteiger partial charge is 0.287 e. The molecule has 22 heavy (non-hydrogen) atoms. The highest BCUT2D eigenvalue weighted by Gasteiger charge is 2.40. The van der Waals surface area contributed by atoms with E-state index in [-0.39, 0.29) is 17.3 Å². The Bertz CT molecular complexity index is 871. The Morgan fingerprint density at radius 2 is 2.14 bits per heavy atom. The van der Waals surface area contributed by atoms with Crippen molar-refractivity contribution in [1.82, 2.24) is 5.32 Å². The SMILES string of the molecule is Cc1c(C(=O)N[C@]2(C)CCS(=O)(=O)C2)oc2c(Cl)cccc12. The molecule has 1 aromatic heterocycles. The molecule has 0 unspecified atom stereocenters. The first-order valence-electron chi connectivity index (χ1n) is 6.91. The lowest BCUT2D eigenvalue weighted by atomic mass is 10.0. The van der Waals surface area contributed by atoms with Gasteiger partial charge in [0.1, 0.15) is 0 Å². The number of nitrogens with one attached hydrogen (secondary N) is 1. The first-order valence-corrected chi connectivity index (χ1v) is 9.11. The first-order chi connectivity index (χ1) is 10.2. The molecule has 3 rings (SSSR count). The minimum absolute atomic E-state index is 0.0498. The number of benzene rings is 1. The average molecular weight is 342 g/mol. The highest BCUT2D eigenvalue weighted by atomic mass is 35.5. The van der Waals surface area contributed by atoms with Crippen LogP contribution in [0.4, 0.5) is 0 Å². The maximum atomic E-state index is 12.5. The Morgan fingerprint density at radius 3 is 2.73 bits per heavy atom. The molecule has 1 N–H and O–H groups in total. The second-order valence-corrected chi connectivity index (χ2v) is 8.62. The molecule has 0 spiro atoms. The van der Waals surface area contributed by atoms with Crippen LogP contribution in [-0.4, -0.2) is 31.4 Å². The van der Waals surface area contributed by atoms with Crippen LogP contribution in [0, 0.1) is 6.92 Å². The summed E-state index contributed by atoms with van der Waals surface area (Å²) in [4.78, 5) is 12.5. The van der Waals surface area contributed by atoms with Crippen molar-refractivity contribution in [3.05, 3.63) is 34.5 Å². The molecular formula is C15H16ClNO4S. The maximum Gasteiger partial charge on any atom is 0.287 e. The van der Waals surface area contributed by atoms with E-state index in [4.69, 9.17) is 16.0 Å². The van der Waals surface area contributed by atoms with Crippen molar-refractivity contribution < 1.29 is 17.6 Å². The maximum absolute atomic E-state index is 12.5. The third kappa shape index (κ3) is 2.61. The molecule has 0 aliphatic carbocycles. The van der Waals surface area contributed by atoms with E-state index in [1.165, 1.54) is 0 Å². The van der Waals surface area contributed by atoms with Gasteiger partial charge in [-0.15, -0.1) is 0 Å². The fourth-order valence-electron chi connectivity index (χ4n) is 2.87. The minimum Gasteiger partial charge on any atom is -0.449 e. The Balaban J connectivity index is 1.93. The van der Waals surface area contributed by atoms with Crippen LogP contribution < -0.4 is 5.32 Å². The number of para-hydroxylation sites is 1. The van der Waals surface area contributed by atoms with E-state index in [2.05, 4.69) is 5.32 Å². The highest BCUT2D eigenvalue weighted by molar-refractivity contribution is 7.91. The summed E-state index contributed by atoms with van der Waals surface area (Å²) in [6, 6.07) is 5.32. The van der Waals surface area contributed by atoms with Crippen molar-refractivity contribution in [2.75, 3.05) is 11.5 Å². The summed E-state index contributed by atoms with van der Waals surface area (Å²) in [5.41, 5.74) is 0.404. The molecule has 1 amide bonds. The zero-order valence-electron chi connectivity index (χ0n) is 12.3. The molecule has 118 valence electrons. The number of hydrogen-bond acceptors (Lipinski definition) is 4. The van der Waals surface area contributed by atoms with Gasteiger partial charge in [0.05, 0.1) is 22.1 Å². The van der Waals surface area contributed by atoms with Crippen LogP contribution in [0.25, 0.3) is 11.0 Å². The van der Waals surface area contributed by atoms with Gasteiger partial charge >= 0.3 is 0 Å². The van der Waals surface area contributed by atoms with Gasteiger partial charge in [0.25, 0.3) is 5.91 Å². The van der Waals surface area contributed by atoms with Crippen molar-refractivity contribution in [2.24, 2.45) is 0 Å². The van der Waals surface area contributed by atoms with E-state index in [0.717, 1.165) is 5.39 Å². The van der Waals surface area contributed by atoms with Crippen LogP contribution in [-0.2, 0) is 9.84 Å². The minimum atomic E-state index is -3.09. The van der Waals surface area contributed by atoms with Gasteiger partial charge in [-0.05, 0) is 26.3 Å². The Hall–Kier alpha value is -1.53. The molecule has 2 heterocycles. The zero-order chi connectivity index (χ0) is 16.1. The van der Waals surface area contributed by atoms with Crippen molar-refractivity contribution in [3.8, 4) is 0 Å². The summed E-state index contributed by atoms with van der Waals surface area (Å²) in [6.07, 6.45) is 0.404. The van der Waals surface area contributed by atoms with Gasteiger partial charge in [-0.25, -0.2) is 8.42 Å². The van der Waals surface area contributed by atoms with E-state index in [9.17, 15) is 13.2 Å². The lowest BCUT2D eigenvalue weighted by molar-refractivity contribution is 0.0888. The predicted octanol–water partition coefficient (Wildman–Crippen LogP) is 2.70. The van der Waals surface area contributed by atoms with E-state index >= 15 is 0 Å². The van der Waals surface area contributed by atoms with Crippen molar-refractivity contribution in [1.29, 1.82) is 0 Å². The molecule has 1 saturated heterocycles. The van der Waals surface area contributed by atoms with Crippen molar-refractivity contribution in [3.63, 3.8) is 0 Å². The van der Waals surface area contributed by atoms with Crippen molar-refractivity contribution >= 4 is 38.3 Å². The molecule has 7 heteroatoms. The second kappa shape index (κ2) is 4.99. The normalized spacial score (nSPS) is 23.8. The van der Waals surface area contributed by atoms with Crippen molar-refractivity contribution in [2.45, 2.75) is 25.8 Å². The first kappa shape index (κ1) is 15.4. The lowest BCUT2D eigenvalue weighted by Gasteiger charge is -2.23. The fourth-order valence-corrected chi connectivity index (χ4v) is 5.17. The summed E-state index contributed by atoms with van der Waals surface area (Å²) >= 11 is 6.08. The molecule has 1 aliphatic heterocycles. The van der Waals surface area contributed by atoms with Crippen LogP contribution >= 0.6 is 11.6 Å². The molecule has 1 aromatic carbocycles. The third-order valence-electron chi connectivity index (χ3n) is 4.04. The van der Waals surface area contributed by atoms with Gasteiger partial charge in [-0.3, -0.25) is 4.79 Å². The van der Waals surface area contributed by atoms with Gasteiger partial charge in [0, 0.05) is 10.9 Å². The van der Waals surface area contributed by atoms with E-state index in [1.807, 2.05) is 6.07 Å². The number of carbonyl (C=O) groups is 1. The molecule has 1 fully saturated rings. The number of carbonyl (C=O) groups excluding carboxylic acids is 1. The molecule has 0 bridgehead atoms. The molecule has 5 nitrogen and oxygen atoms in total. The van der Waals surface area contributed by atoms with E-state index in [1.54, 1.807) is 26.0 Å². The number of rotatable bonds is 2. The van der Waals surface area contributed by atoms with Gasteiger partial charge < -0.3 is 9.73 Å². The van der Waals surface area contributed by atoms with Crippen LogP contribution in [0.5, 0.6) is 0 Å². The summed E-state index contributed by atoms with van der Waals surface area (Å²) in [5, 5.41) is 4.01. The molecule has 0 radical (unpaired) electrons. The third-order valence-corrected chi connectivity index (χ3v) is 6.24. The molecule has 1 aliphatic rings. The zero-order valence-corrected chi connectivity index (χ0v) is 13.8. The standard InChI is InChI=1S/C15H16ClNO4S/c1-9-10-4-3-5-11(16)13(10)21-12(9)14(18)17-15(2)6-7-22(19,20)8-15/h3-5H,6-8H2,1-2H3,(H,17,18)/t15-/m1/s1. The Morgan fingerprint density at radius 1 is 1.41 bits per heavy atom. The van der Waals surface area contributed by atoms with Gasteiger partial charge in [0.2, 0.25) is 0 Å². The molecule has 0 saturated carbocycles. The van der Waals surface area contributed by atoms with E-state index < -0.39 is 21.3 Å². The highest BCUT2D eigenvalue weighted by Crippen LogP contribution is 2.31. The number of hydrogen-bond donors (Lipinski definition) is 1. The monoisotopic (exact) mass is 341 g/mol. The van der Waals surface area contributed by atoms with E-state index in [0.29, 0.717) is 22.6 Å². The summed E-state index contributed by atoms with van der Waals surface area (Å²) in [7, 11) is -3.09. The van der Waals surface area contributed by atoms with Crippen LogP contribution in [0.15, 0.2) is 22.6 Å². The largest absolute Gasteiger partial charge is 0.449 e. The number of furan rings is 1. The van der Waals surface area contributed by atoms with Gasteiger partial charge in [-0.1, -0.05) is 23.7 Å². The number of aryl methyl sites for hydroxylation is 1. The number of halogens is 1. The number of fused-ring (bicyclic) bond motifs is 1. The lowest BCUT2D eigenvalue weighted by Crippen LogP contribution is -2.47. The summed E-state index contributed by atoms with van der Waals surface area (Å²) in [6.45, 7) is 3.52. The Kier molecular flexibility index (Phi) is 3.49. The second-order valence-electron chi connectivity index (χ2n) is 6.03. The quantitative estimate of drug-likeness (QED) is 0.911. The van der Waals surface area contributed by atoms with Gasteiger partial charge in [-0.2, -0.15) is 0 Å². The molecular weight excluding hydrogens is 326 g/mol. The van der Waals surface area contributed by atoms with Crippen LogP contribution in [0.2, 0.25) is 5.02 Å². The summed E-state index contributed by atoms with van der Waals surface area (Å²) < 4.78 is 28.9. The predicted molar refractivity (Wildman–Crippen MR) is 85.1 cm³/mol. The van der Waals surface area contributed by atoms with Crippen LogP contribution in [0.1, 0.15) is 29.5 Å².